The molecule has 2 aliphatic heterocycles. The molecule has 0 aromatic heterocycles. The van der Waals surface area contributed by atoms with Gasteiger partial charge in [-0.15, -0.1) is 0 Å². The van der Waals surface area contributed by atoms with E-state index in [1.54, 1.807) is 25.1 Å². The lowest BCUT2D eigenvalue weighted by Crippen LogP contribution is -2.54. The number of hydrogen-bond donors (Lipinski definition) is 3. The quantitative estimate of drug-likeness (QED) is 0.355. The van der Waals surface area contributed by atoms with Crippen LogP contribution in [0, 0.1) is 17.7 Å². The molecule has 2 aromatic rings. The third-order valence-electron chi connectivity index (χ3n) is 9.85. The molecule has 5 rings (SSSR count). The number of halogens is 1. The highest BCUT2D eigenvalue weighted by molar-refractivity contribution is 6.05. The lowest BCUT2D eigenvalue weighted by molar-refractivity contribution is -0.118. The van der Waals surface area contributed by atoms with Gasteiger partial charge >= 0.3 is 6.03 Å². The minimum absolute atomic E-state index is 0.211. The molecule has 3 aliphatic rings. The third-order valence-corrected chi connectivity index (χ3v) is 9.85. The van der Waals surface area contributed by atoms with Crippen molar-refractivity contribution in [1.82, 2.24) is 25.3 Å². The second-order valence-corrected chi connectivity index (χ2v) is 13.6. The molecule has 2 heterocycles. The Labute approximate surface area is 272 Å². The SMILES string of the molecule is C[C@@H](C1=CNC2CCCCC12)[C@@H](NC(=O)N1CCC(c2ccc(F)cc2)CC1)C(=O)Nc1cc(CN(C)C)ccc1C(=O)N(C)C. The zero-order valence-corrected chi connectivity index (χ0v) is 27.8. The van der Waals surface area contributed by atoms with Crippen molar-refractivity contribution >= 4 is 23.5 Å². The minimum atomic E-state index is -0.851. The summed E-state index contributed by atoms with van der Waals surface area (Å²) in [6, 6.07) is 11.4. The number of rotatable bonds is 9. The molecule has 2 fully saturated rings. The van der Waals surface area contributed by atoms with E-state index >= 15 is 0 Å². The van der Waals surface area contributed by atoms with Crippen molar-refractivity contribution in [2.75, 3.05) is 46.6 Å². The van der Waals surface area contributed by atoms with Gasteiger partial charge in [0.05, 0.1) is 11.3 Å². The molecule has 248 valence electrons. The summed E-state index contributed by atoms with van der Waals surface area (Å²) in [6.45, 7) is 3.74. The van der Waals surface area contributed by atoms with Crippen LogP contribution in [0.25, 0.3) is 0 Å². The van der Waals surface area contributed by atoms with Crippen LogP contribution in [0.3, 0.4) is 0 Å². The van der Waals surface area contributed by atoms with Crippen LogP contribution in [0.1, 0.15) is 72.9 Å². The van der Waals surface area contributed by atoms with Gasteiger partial charge in [-0.2, -0.15) is 0 Å². The number of nitrogens with zero attached hydrogens (tertiary/aromatic N) is 3. The molecule has 46 heavy (non-hydrogen) atoms. The fourth-order valence-corrected chi connectivity index (χ4v) is 7.29. The van der Waals surface area contributed by atoms with Gasteiger partial charge in [-0.1, -0.05) is 38.0 Å². The smallest absolute Gasteiger partial charge is 0.318 e. The Morgan fingerprint density at radius 3 is 2.35 bits per heavy atom. The van der Waals surface area contributed by atoms with Crippen LogP contribution in [0.2, 0.25) is 0 Å². The zero-order valence-electron chi connectivity index (χ0n) is 27.8. The molecule has 9 nitrogen and oxygen atoms in total. The number of urea groups is 1. The largest absolute Gasteiger partial charge is 0.388 e. The van der Waals surface area contributed by atoms with Crippen LogP contribution >= 0.6 is 0 Å². The maximum absolute atomic E-state index is 14.3. The van der Waals surface area contributed by atoms with Gasteiger partial charge in [-0.3, -0.25) is 9.59 Å². The topological polar surface area (TPSA) is 97.0 Å². The molecule has 4 atom stereocenters. The average Bonchev–Trinajstić information content (AvgIpc) is 3.47. The Morgan fingerprint density at radius 2 is 1.67 bits per heavy atom. The van der Waals surface area contributed by atoms with Crippen LogP contribution < -0.4 is 16.0 Å². The Kier molecular flexibility index (Phi) is 10.7. The highest BCUT2D eigenvalue weighted by Crippen LogP contribution is 2.38. The molecule has 1 saturated heterocycles. The van der Waals surface area contributed by atoms with Crippen LogP contribution in [-0.2, 0) is 11.3 Å². The van der Waals surface area contributed by atoms with E-state index in [0.29, 0.717) is 42.8 Å². The number of fused-ring (bicyclic) bond motifs is 1. The maximum Gasteiger partial charge on any atom is 0.318 e. The predicted molar refractivity (Wildman–Crippen MR) is 179 cm³/mol. The number of benzene rings is 2. The van der Waals surface area contributed by atoms with E-state index in [4.69, 9.17) is 0 Å². The summed E-state index contributed by atoms with van der Waals surface area (Å²) in [4.78, 5) is 46.5. The highest BCUT2D eigenvalue weighted by atomic mass is 19.1. The van der Waals surface area contributed by atoms with Crippen molar-refractivity contribution in [1.29, 1.82) is 0 Å². The first-order valence-electron chi connectivity index (χ1n) is 16.6. The second-order valence-electron chi connectivity index (χ2n) is 13.6. The summed E-state index contributed by atoms with van der Waals surface area (Å²) >= 11 is 0. The van der Waals surface area contributed by atoms with E-state index in [-0.39, 0.29) is 35.5 Å². The number of amides is 4. The summed E-state index contributed by atoms with van der Waals surface area (Å²) in [5.41, 5.74) is 4.03. The molecular weight excluding hydrogens is 583 g/mol. The first-order valence-corrected chi connectivity index (χ1v) is 16.6. The van der Waals surface area contributed by atoms with E-state index in [9.17, 15) is 18.8 Å². The highest BCUT2D eigenvalue weighted by Gasteiger charge is 2.40. The Balaban J connectivity index is 1.37. The van der Waals surface area contributed by atoms with Gasteiger partial charge in [0.2, 0.25) is 5.91 Å². The molecule has 4 amide bonds. The Morgan fingerprint density at radius 1 is 0.978 bits per heavy atom. The number of anilines is 1. The number of carbonyl (C=O) groups is 3. The van der Waals surface area contributed by atoms with Crippen molar-refractivity contribution in [3.8, 4) is 0 Å². The van der Waals surface area contributed by atoms with Gasteiger partial charge < -0.3 is 30.7 Å². The molecule has 0 bridgehead atoms. The fraction of sp³-hybridized carbons (Fsp3) is 0.528. The van der Waals surface area contributed by atoms with E-state index in [1.807, 2.05) is 50.2 Å². The lowest BCUT2D eigenvalue weighted by Gasteiger charge is -2.36. The maximum atomic E-state index is 14.3. The molecular formula is C36H49FN6O3. The van der Waals surface area contributed by atoms with Gasteiger partial charge in [-0.25, -0.2) is 9.18 Å². The molecule has 3 N–H and O–H groups in total. The molecule has 10 heteroatoms. The first kappa shape index (κ1) is 33.4. The van der Waals surface area contributed by atoms with E-state index in [2.05, 4.69) is 22.2 Å². The van der Waals surface area contributed by atoms with Crippen molar-refractivity contribution < 1.29 is 18.8 Å². The molecule has 0 spiro atoms. The average molecular weight is 633 g/mol. The molecule has 2 unspecified atom stereocenters. The Hall–Kier alpha value is -3.92. The van der Waals surface area contributed by atoms with Crippen molar-refractivity contribution in [3.05, 3.63) is 76.7 Å². The van der Waals surface area contributed by atoms with Gasteiger partial charge in [0, 0.05) is 51.6 Å². The molecule has 0 radical (unpaired) electrons. The molecule has 1 saturated carbocycles. The number of likely N-dealkylation sites (tertiary alicyclic amines) is 1. The minimum Gasteiger partial charge on any atom is -0.388 e. The molecule has 1 aliphatic carbocycles. The van der Waals surface area contributed by atoms with Crippen LogP contribution in [-0.4, -0.2) is 85.9 Å². The number of carbonyl (C=O) groups excluding carboxylic acids is 3. The first-order chi connectivity index (χ1) is 22.0. The van der Waals surface area contributed by atoms with Crippen LogP contribution in [0.15, 0.2) is 54.2 Å². The Bertz CT molecular complexity index is 1430. The van der Waals surface area contributed by atoms with E-state index < -0.39 is 6.04 Å². The number of hydrogen-bond acceptors (Lipinski definition) is 5. The van der Waals surface area contributed by atoms with E-state index in [0.717, 1.165) is 48.8 Å². The summed E-state index contributed by atoms with van der Waals surface area (Å²) in [6.07, 6.45) is 8.07. The van der Waals surface area contributed by atoms with Gasteiger partial charge in [0.1, 0.15) is 11.9 Å². The summed E-state index contributed by atoms with van der Waals surface area (Å²) in [7, 11) is 7.31. The van der Waals surface area contributed by atoms with Gasteiger partial charge in [-0.05, 0) is 92.9 Å². The zero-order chi connectivity index (χ0) is 33.0. The second kappa shape index (κ2) is 14.7. The standard InChI is InChI=1S/C36H49FN6O3/c1-23(30-21-38-31-9-7-6-8-28(30)31)33(40-36(46)43-18-16-26(17-19-43)25-11-13-27(37)14-12-25)34(44)39-32-20-24(22-41(2)3)10-15-29(32)35(45)42(4)5/h10-15,20-21,23,26,28,31,33,38H,6-9,16-19,22H2,1-5H3,(H,39,44)(H,40,46)/t23-,28?,31?,33+/m0/s1. The van der Waals surface area contributed by atoms with Crippen LogP contribution in [0.5, 0.6) is 0 Å². The number of piperidine rings is 1. The number of nitrogens with one attached hydrogen (secondary N) is 3. The lowest BCUT2D eigenvalue weighted by atomic mass is 9.76. The van der Waals surface area contributed by atoms with Crippen molar-refractivity contribution in [2.24, 2.45) is 11.8 Å². The predicted octanol–water partition coefficient (Wildman–Crippen LogP) is 5.17. The van der Waals surface area contributed by atoms with Gasteiger partial charge in [0.25, 0.3) is 5.91 Å². The monoisotopic (exact) mass is 632 g/mol. The van der Waals surface area contributed by atoms with Crippen LogP contribution in [0.4, 0.5) is 14.9 Å². The van der Waals surface area contributed by atoms with E-state index in [1.165, 1.54) is 23.5 Å². The summed E-state index contributed by atoms with van der Waals surface area (Å²) in [5, 5.41) is 9.71. The normalized spacial score (nSPS) is 21.1. The molecule has 2 aromatic carbocycles. The van der Waals surface area contributed by atoms with Gasteiger partial charge in [0.15, 0.2) is 0 Å². The summed E-state index contributed by atoms with van der Waals surface area (Å²) in [5.74, 6) is -0.499. The van der Waals surface area contributed by atoms with Crippen molar-refractivity contribution in [3.63, 3.8) is 0 Å². The third kappa shape index (κ3) is 7.71. The fourth-order valence-electron chi connectivity index (χ4n) is 7.29. The van der Waals surface area contributed by atoms with Crippen molar-refractivity contribution in [2.45, 2.75) is 70.0 Å². The summed E-state index contributed by atoms with van der Waals surface area (Å²) < 4.78 is 13.5.